The van der Waals surface area contributed by atoms with Gasteiger partial charge in [0.05, 0.1) is 4.90 Å². The van der Waals surface area contributed by atoms with Crippen LogP contribution in [-0.2, 0) is 10.0 Å². The van der Waals surface area contributed by atoms with Gasteiger partial charge in [-0.2, -0.15) is 4.31 Å². The van der Waals surface area contributed by atoms with Gasteiger partial charge in [0, 0.05) is 36.3 Å². The lowest BCUT2D eigenvalue weighted by Crippen LogP contribution is -2.29. The van der Waals surface area contributed by atoms with Crippen LogP contribution in [0.15, 0.2) is 35.5 Å². The molecule has 1 atom stereocenters. The van der Waals surface area contributed by atoms with E-state index in [1.807, 2.05) is 13.0 Å². The molecule has 5 heteroatoms. The van der Waals surface area contributed by atoms with Crippen LogP contribution in [0.3, 0.4) is 0 Å². The van der Waals surface area contributed by atoms with E-state index in [9.17, 15) is 8.42 Å². The van der Waals surface area contributed by atoms with Gasteiger partial charge in [-0.15, -0.1) is 0 Å². The number of aryl methyl sites for hydroxylation is 1. The molecular formula is C16H20N2O2S. The van der Waals surface area contributed by atoms with Crippen molar-refractivity contribution in [1.82, 2.24) is 9.29 Å². The highest BCUT2D eigenvalue weighted by atomic mass is 32.2. The van der Waals surface area contributed by atoms with Crippen LogP contribution in [0.1, 0.15) is 25.3 Å². The van der Waals surface area contributed by atoms with Crippen molar-refractivity contribution in [3.05, 3.63) is 36.2 Å². The summed E-state index contributed by atoms with van der Waals surface area (Å²) in [7, 11) is -3.43. The first-order valence-corrected chi connectivity index (χ1v) is 8.81. The second-order valence-corrected chi connectivity index (χ2v) is 7.64. The minimum atomic E-state index is -3.43. The van der Waals surface area contributed by atoms with Crippen molar-refractivity contribution < 1.29 is 8.42 Å². The second kappa shape index (κ2) is 5.39. The molecule has 1 fully saturated rings. The van der Waals surface area contributed by atoms with Crippen molar-refractivity contribution in [2.24, 2.45) is 5.92 Å². The van der Waals surface area contributed by atoms with Gasteiger partial charge in [-0.05, 0) is 30.9 Å². The minimum absolute atomic E-state index is 0.414. The fourth-order valence-corrected chi connectivity index (χ4v) is 4.89. The summed E-state index contributed by atoms with van der Waals surface area (Å²) < 4.78 is 27.6. The molecule has 3 rings (SSSR count). The number of pyridine rings is 1. The Morgan fingerprint density at radius 3 is 2.86 bits per heavy atom. The van der Waals surface area contributed by atoms with E-state index in [0.29, 0.717) is 23.9 Å². The lowest BCUT2D eigenvalue weighted by molar-refractivity contribution is 0.453. The van der Waals surface area contributed by atoms with Crippen LogP contribution in [0.5, 0.6) is 0 Å². The summed E-state index contributed by atoms with van der Waals surface area (Å²) in [6.45, 7) is 5.29. The number of aromatic nitrogens is 1. The molecular weight excluding hydrogens is 284 g/mol. The monoisotopic (exact) mass is 304 g/mol. The number of fused-ring (bicyclic) bond motifs is 1. The maximum absolute atomic E-state index is 13.0. The summed E-state index contributed by atoms with van der Waals surface area (Å²) in [6.07, 6.45) is 5.44. The number of hydrogen-bond acceptors (Lipinski definition) is 3. The molecule has 0 bridgehead atoms. The Bertz CT molecular complexity index is 766. The van der Waals surface area contributed by atoms with E-state index in [2.05, 4.69) is 11.9 Å². The number of sulfonamides is 1. The molecule has 1 aromatic carbocycles. The van der Waals surface area contributed by atoms with Crippen LogP contribution in [0.2, 0.25) is 0 Å². The van der Waals surface area contributed by atoms with E-state index in [4.69, 9.17) is 0 Å². The van der Waals surface area contributed by atoms with Gasteiger partial charge >= 0.3 is 0 Å². The Balaban J connectivity index is 2.12. The maximum atomic E-state index is 13.0. The summed E-state index contributed by atoms with van der Waals surface area (Å²) >= 11 is 0. The van der Waals surface area contributed by atoms with Gasteiger partial charge in [0.25, 0.3) is 0 Å². The molecule has 0 saturated carbocycles. The van der Waals surface area contributed by atoms with Gasteiger partial charge in [0.2, 0.25) is 10.0 Å². The minimum Gasteiger partial charge on any atom is -0.264 e. The fourth-order valence-electron chi connectivity index (χ4n) is 3.07. The zero-order valence-corrected chi connectivity index (χ0v) is 13.2. The largest absolute Gasteiger partial charge is 0.264 e. The molecule has 2 heterocycles. The highest BCUT2D eigenvalue weighted by Gasteiger charge is 2.32. The predicted octanol–water partition coefficient (Wildman–Crippen LogP) is 2.96. The van der Waals surface area contributed by atoms with E-state index < -0.39 is 10.0 Å². The molecule has 1 aliphatic rings. The van der Waals surface area contributed by atoms with Crippen molar-refractivity contribution >= 4 is 20.8 Å². The van der Waals surface area contributed by atoms with Crippen LogP contribution >= 0.6 is 0 Å². The van der Waals surface area contributed by atoms with Gasteiger partial charge in [0.15, 0.2) is 0 Å². The molecule has 0 amide bonds. The molecule has 0 radical (unpaired) electrons. The van der Waals surface area contributed by atoms with E-state index >= 15 is 0 Å². The highest BCUT2D eigenvalue weighted by molar-refractivity contribution is 7.89. The molecule has 0 unspecified atom stereocenters. The molecule has 0 aliphatic carbocycles. The molecule has 1 saturated heterocycles. The van der Waals surface area contributed by atoms with E-state index in [1.165, 1.54) is 0 Å². The van der Waals surface area contributed by atoms with Crippen LogP contribution in [0, 0.1) is 12.8 Å². The lowest BCUT2D eigenvalue weighted by atomic mass is 10.1. The lowest BCUT2D eigenvalue weighted by Gasteiger charge is -2.18. The van der Waals surface area contributed by atoms with Crippen molar-refractivity contribution in [2.45, 2.75) is 31.6 Å². The number of hydrogen-bond donors (Lipinski definition) is 0. The molecule has 0 N–H and O–H groups in total. The van der Waals surface area contributed by atoms with Crippen LogP contribution < -0.4 is 0 Å². The number of benzene rings is 1. The second-order valence-electron chi connectivity index (χ2n) is 5.74. The first-order valence-electron chi connectivity index (χ1n) is 7.37. The molecule has 112 valence electrons. The Kier molecular flexibility index (Phi) is 3.71. The highest BCUT2D eigenvalue weighted by Crippen LogP contribution is 2.31. The summed E-state index contributed by atoms with van der Waals surface area (Å²) in [6, 6.07) is 5.42. The zero-order chi connectivity index (χ0) is 15.0. The summed E-state index contributed by atoms with van der Waals surface area (Å²) in [5.41, 5.74) is 0.901. The summed E-state index contributed by atoms with van der Waals surface area (Å²) in [4.78, 5) is 4.56. The fraction of sp³-hybridized carbons (Fsp3) is 0.438. The molecule has 21 heavy (non-hydrogen) atoms. The Morgan fingerprint density at radius 1 is 1.33 bits per heavy atom. The summed E-state index contributed by atoms with van der Waals surface area (Å²) in [5, 5.41) is 1.68. The third-order valence-electron chi connectivity index (χ3n) is 4.38. The van der Waals surface area contributed by atoms with Gasteiger partial charge in [0.1, 0.15) is 0 Å². The van der Waals surface area contributed by atoms with Gasteiger partial charge in [-0.3, -0.25) is 4.98 Å². The Morgan fingerprint density at radius 2 is 2.14 bits per heavy atom. The van der Waals surface area contributed by atoms with E-state index in [-0.39, 0.29) is 0 Å². The molecule has 4 nitrogen and oxygen atoms in total. The van der Waals surface area contributed by atoms with Gasteiger partial charge in [-0.25, -0.2) is 8.42 Å². The van der Waals surface area contributed by atoms with Crippen molar-refractivity contribution in [3.8, 4) is 0 Å². The van der Waals surface area contributed by atoms with Crippen LogP contribution in [-0.4, -0.2) is 30.8 Å². The average molecular weight is 304 g/mol. The third-order valence-corrected chi connectivity index (χ3v) is 6.29. The Labute approximate surface area is 125 Å². The number of nitrogens with zero attached hydrogens (tertiary/aromatic N) is 2. The van der Waals surface area contributed by atoms with Crippen LogP contribution in [0.4, 0.5) is 0 Å². The first-order chi connectivity index (χ1) is 10.0. The average Bonchev–Trinajstić information content (AvgIpc) is 2.97. The smallest absolute Gasteiger partial charge is 0.243 e. The molecule has 2 aromatic rings. The quantitative estimate of drug-likeness (QED) is 0.876. The van der Waals surface area contributed by atoms with Gasteiger partial charge in [-0.1, -0.05) is 25.5 Å². The maximum Gasteiger partial charge on any atom is 0.243 e. The Hall–Kier alpha value is -1.46. The molecule has 1 aromatic heterocycles. The normalized spacial score (nSPS) is 20.2. The van der Waals surface area contributed by atoms with Crippen molar-refractivity contribution in [2.75, 3.05) is 13.1 Å². The zero-order valence-electron chi connectivity index (χ0n) is 12.4. The first kappa shape index (κ1) is 14.5. The summed E-state index contributed by atoms with van der Waals surface area (Å²) in [5.74, 6) is 0.484. The van der Waals surface area contributed by atoms with E-state index in [0.717, 1.165) is 29.2 Å². The molecule has 1 aliphatic heterocycles. The standard InChI is InChI=1S/C16H20N2O2S/c1-3-13-7-8-18(11-13)21(19,20)15-6-4-5-14-10-17-9-12(2)16(14)15/h4-6,9-10,13H,3,7-8,11H2,1-2H3/t13-/m0/s1. The van der Waals surface area contributed by atoms with Crippen molar-refractivity contribution in [3.63, 3.8) is 0 Å². The number of rotatable bonds is 3. The SMILES string of the molecule is CC[C@H]1CCN(S(=O)(=O)c2cccc3cncc(C)c23)C1. The topological polar surface area (TPSA) is 50.3 Å². The van der Waals surface area contributed by atoms with Crippen LogP contribution in [0.25, 0.3) is 10.8 Å². The van der Waals surface area contributed by atoms with Crippen molar-refractivity contribution in [1.29, 1.82) is 0 Å². The molecule has 0 spiro atoms. The predicted molar refractivity (Wildman–Crippen MR) is 83.6 cm³/mol. The van der Waals surface area contributed by atoms with E-state index in [1.54, 1.807) is 28.8 Å². The third kappa shape index (κ3) is 2.45. The van der Waals surface area contributed by atoms with Gasteiger partial charge < -0.3 is 0 Å².